The summed E-state index contributed by atoms with van der Waals surface area (Å²) < 4.78 is 28.6. The highest BCUT2D eigenvalue weighted by Gasteiger charge is 2.36. The van der Waals surface area contributed by atoms with Crippen LogP contribution >= 0.6 is 0 Å². The zero-order valence-corrected chi connectivity index (χ0v) is 15.3. The second kappa shape index (κ2) is 7.38. The minimum Gasteiger partial charge on any atom is -0.326 e. The number of benzene rings is 2. The summed E-state index contributed by atoms with van der Waals surface area (Å²) in [5.41, 5.74) is 2.13. The Morgan fingerprint density at radius 3 is 2.66 bits per heavy atom. The van der Waals surface area contributed by atoms with Gasteiger partial charge in [0.25, 0.3) is 0 Å². The van der Waals surface area contributed by atoms with Crippen LogP contribution in [0.25, 0.3) is 5.69 Å². The number of anilines is 2. The molecule has 3 aromatic rings. The number of nitrogens with one attached hydrogen (secondary N) is 1. The second-order valence-electron chi connectivity index (χ2n) is 6.75. The summed E-state index contributed by atoms with van der Waals surface area (Å²) in [6.45, 7) is 1.87. The molecule has 8 nitrogen and oxygen atoms in total. The summed E-state index contributed by atoms with van der Waals surface area (Å²) in [6.07, 6.45) is 1.41. The quantitative estimate of drug-likeness (QED) is 0.728. The standard InChI is InChI=1S/C19H16F2N6O2/c1-11-6-14(3-5-16(11)27-10-22-24-25-27)23-19(29)12-7-18(28)26(9-12)17-4-2-13(20)8-15(17)21/h2-6,8,10,12H,7,9H2,1H3,(H,23,29). The Morgan fingerprint density at radius 1 is 1.17 bits per heavy atom. The largest absolute Gasteiger partial charge is 0.326 e. The van der Waals surface area contributed by atoms with Crippen LogP contribution in [0.15, 0.2) is 42.7 Å². The molecule has 2 heterocycles. The van der Waals surface area contributed by atoms with Gasteiger partial charge in [-0.3, -0.25) is 9.59 Å². The maximum atomic E-state index is 14.0. The number of carbonyl (C=O) groups excluding carboxylic acids is 2. The van der Waals surface area contributed by atoms with Gasteiger partial charge in [-0.1, -0.05) is 0 Å². The van der Waals surface area contributed by atoms with E-state index in [-0.39, 0.29) is 30.5 Å². The fourth-order valence-corrected chi connectivity index (χ4v) is 3.32. The molecular formula is C19H16F2N6O2. The van der Waals surface area contributed by atoms with Crippen LogP contribution in [0.5, 0.6) is 0 Å². The Balaban J connectivity index is 1.47. The molecule has 1 aliphatic heterocycles. The monoisotopic (exact) mass is 398 g/mol. The zero-order valence-electron chi connectivity index (χ0n) is 15.3. The summed E-state index contributed by atoms with van der Waals surface area (Å²) >= 11 is 0. The van der Waals surface area contributed by atoms with Gasteiger partial charge in [-0.05, 0) is 53.2 Å². The maximum absolute atomic E-state index is 14.0. The summed E-state index contributed by atoms with van der Waals surface area (Å²) in [5.74, 6) is -2.95. The number of hydrogen-bond acceptors (Lipinski definition) is 5. The minimum atomic E-state index is -0.840. The lowest BCUT2D eigenvalue weighted by atomic mass is 10.1. The minimum absolute atomic E-state index is 0.0227. The van der Waals surface area contributed by atoms with E-state index in [2.05, 4.69) is 20.8 Å². The molecule has 0 aliphatic carbocycles. The van der Waals surface area contributed by atoms with E-state index in [1.807, 2.05) is 6.92 Å². The van der Waals surface area contributed by atoms with Crippen molar-refractivity contribution in [2.24, 2.45) is 5.92 Å². The topological polar surface area (TPSA) is 93.0 Å². The van der Waals surface area contributed by atoms with Crippen LogP contribution in [0.1, 0.15) is 12.0 Å². The number of nitrogens with zero attached hydrogens (tertiary/aromatic N) is 5. The van der Waals surface area contributed by atoms with E-state index in [9.17, 15) is 18.4 Å². The number of aryl methyl sites for hydroxylation is 1. The summed E-state index contributed by atoms with van der Waals surface area (Å²) in [4.78, 5) is 26.1. The van der Waals surface area contributed by atoms with Crippen molar-refractivity contribution in [1.29, 1.82) is 0 Å². The highest BCUT2D eigenvalue weighted by Crippen LogP contribution is 2.29. The molecular weight excluding hydrogens is 382 g/mol. The van der Waals surface area contributed by atoms with Gasteiger partial charge < -0.3 is 10.2 Å². The normalized spacial score (nSPS) is 16.3. The molecule has 1 aliphatic rings. The first-order valence-corrected chi connectivity index (χ1v) is 8.82. The summed E-state index contributed by atoms with van der Waals surface area (Å²) in [7, 11) is 0. The van der Waals surface area contributed by atoms with Gasteiger partial charge in [-0.25, -0.2) is 13.5 Å². The van der Waals surface area contributed by atoms with Crippen molar-refractivity contribution in [3.8, 4) is 5.69 Å². The van der Waals surface area contributed by atoms with Crippen molar-refractivity contribution in [2.45, 2.75) is 13.3 Å². The number of carbonyl (C=O) groups is 2. The van der Waals surface area contributed by atoms with E-state index in [0.717, 1.165) is 17.3 Å². The number of halogens is 2. The van der Waals surface area contributed by atoms with Crippen LogP contribution in [0.2, 0.25) is 0 Å². The average molecular weight is 398 g/mol. The fourth-order valence-electron chi connectivity index (χ4n) is 3.32. The molecule has 0 bridgehead atoms. The molecule has 148 valence electrons. The number of hydrogen-bond donors (Lipinski definition) is 1. The third-order valence-corrected chi connectivity index (χ3v) is 4.76. The van der Waals surface area contributed by atoms with Crippen molar-refractivity contribution >= 4 is 23.2 Å². The smallest absolute Gasteiger partial charge is 0.229 e. The van der Waals surface area contributed by atoms with Crippen molar-refractivity contribution in [3.05, 3.63) is 59.9 Å². The highest BCUT2D eigenvalue weighted by atomic mass is 19.1. The van der Waals surface area contributed by atoms with Crippen molar-refractivity contribution in [2.75, 3.05) is 16.8 Å². The van der Waals surface area contributed by atoms with Gasteiger partial charge in [-0.2, -0.15) is 0 Å². The molecule has 4 rings (SSSR count). The first kappa shape index (κ1) is 18.7. The van der Waals surface area contributed by atoms with Gasteiger partial charge >= 0.3 is 0 Å². The SMILES string of the molecule is Cc1cc(NC(=O)C2CC(=O)N(c3ccc(F)cc3F)C2)ccc1-n1cnnn1. The van der Waals surface area contributed by atoms with Crippen LogP contribution in [-0.2, 0) is 9.59 Å². The molecule has 0 saturated carbocycles. The van der Waals surface area contributed by atoms with Crippen LogP contribution in [0, 0.1) is 24.5 Å². The van der Waals surface area contributed by atoms with Crippen molar-refractivity contribution in [1.82, 2.24) is 20.2 Å². The first-order valence-electron chi connectivity index (χ1n) is 8.82. The van der Waals surface area contributed by atoms with E-state index in [4.69, 9.17) is 0 Å². The van der Waals surface area contributed by atoms with E-state index < -0.39 is 17.6 Å². The van der Waals surface area contributed by atoms with Crippen LogP contribution in [0.3, 0.4) is 0 Å². The van der Waals surface area contributed by atoms with Gasteiger partial charge in [0.2, 0.25) is 11.8 Å². The van der Waals surface area contributed by atoms with E-state index in [0.29, 0.717) is 11.8 Å². The predicted octanol–water partition coefficient (Wildman–Crippen LogP) is 2.24. The lowest BCUT2D eigenvalue weighted by Crippen LogP contribution is -2.28. The molecule has 1 aromatic heterocycles. The molecule has 1 unspecified atom stereocenters. The Bertz CT molecular complexity index is 1090. The highest BCUT2D eigenvalue weighted by molar-refractivity contribution is 6.03. The first-order chi connectivity index (χ1) is 13.9. The third-order valence-electron chi connectivity index (χ3n) is 4.76. The van der Waals surface area contributed by atoms with Crippen LogP contribution in [0.4, 0.5) is 20.2 Å². The molecule has 2 aromatic carbocycles. The lowest BCUT2D eigenvalue weighted by molar-refractivity contribution is -0.122. The molecule has 0 spiro atoms. The Morgan fingerprint density at radius 2 is 1.97 bits per heavy atom. The Labute approximate surface area is 164 Å². The Kier molecular flexibility index (Phi) is 4.75. The van der Waals surface area contributed by atoms with Gasteiger partial charge in [-0.15, -0.1) is 5.10 Å². The summed E-state index contributed by atoms with van der Waals surface area (Å²) in [5, 5.41) is 13.8. The molecule has 2 amide bonds. The second-order valence-corrected chi connectivity index (χ2v) is 6.75. The van der Waals surface area contributed by atoms with Crippen molar-refractivity contribution < 1.29 is 18.4 Å². The molecule has 1 N–H and O–H groups in total. The average Bonchev–Trinajstić information content (AvgIpc) is 3.32. The van der Waals surface area contributed by atoms with Gasteiger partial charge in [0.05, 0.1) is 17.3 Å². The van der Waals surface area contributed by atoms with Crippen molar-refractivity contribution in [3.63, 3.8) is 0 Å². The summed E-state index contributed by atoms with van der Waals surface area (Å²) in [6, 6.07) is 8.23. The van der Waals surface area contributed by atoms with Gasteiger partial charge in [0.1, 0.15) is 18.0 Å². The number of amides is 2. The number of tetrazole rings is 1. The van der Waals surface area contributed by atoms with E-state index in [1.165, 1.54) is 22.0 Å². The third kappa shape index (κ3) is 3.68. The Hall–Kier alpha value is -3.69. The van der Waals surface area contributed by atoms with Gasteiger partial charge in [0.15, 0.2) is 0 Å². The molecule has 29 heavy (non-hydrogen) atoms. The zero-order chi connectivity index (χ0) is 20.5. The van der Waals surface area contributed by atoms with Crippen LogP contribution in [-0.4, -0.2) is 38.6 Å². The predicted molar refractivity (Wildman–Crippen MR) is 99.3 cm³/mol. The van der Waals surface area contributed by atoms with E-state index in [1.54, 1.807) is 18.2 Å². The van der Waals surface area contributed by atoms with Crippen LogP contribution < -0.4 is 10.2 Å². The molecule has 1 fully saturated rings. The maximum Gasteiger partial charge on any atom is 0.229 e. The molecule has 1 saturated heterocycles. The molecule has 1 atom stereocenters. The fraction of sp³-hybridized carbons (Fsp3) is 0.211. The lowest BCUT2D eigenvalue weighted by Gasteiger charge is -2.17. The number of rotatable bonds is 4. The van der Waals surface area contributed by atoms with E-state index >= 15 is 0 Å². The number of aromatic nitrogens is 4. The molecule has 10 heteroatoms. The van der Waals surface area contributed by atoms with Gasteiger partial charge in [0, 0.05) is 24.7 Å². The molecule has 0 radical (unpaired) electrons.